The Labute approximate surface area is 67.7 Å². The number of nitrogens with zero attached hydrogens (tertiary/aromatic N) is 2. The van der Waals surface area contributed by atoms with E-state index in [1.54, 1.807) is 12.5 Å². The topological polar surface area (TPSA) is 51.0 Å². The highest BCUT2D eigenvalue weighted by Crippen LogP contribution is 2.24. The van der Waals surface area contributed by atoms with E-state index in [1.165, 1.54) is 0 Å². The maximum absolute atomic E-state index is 11.0. The molecule has 0 aromatic heterocycles. The quantitative estimate of drug-likeness (QED) is 0.490. The van der Waals surface area contributed by atoms with Crippen molar-refractivity contribution in [2.75, 3.05) is 12.9 Å². The molecule has 1 rings (SSSR count). The number of carbonyl (C=O) groups is 1. The number of ether oxygens (including phenoxy) is 1. The Balaban J connectivity index is 2.56. The lowest BCUT2D eigenvalue weighted by molar-refractivity contribution is -0.134. The van der Waals surface area contributed by atoms with Gasteiger partial charge < -0.3 is 4.74 Å². The van der Waals surface area contributed by atoms with Crippen LogP contribution in [0.3, 0.4) is 0 Å². The summed E-state index contributed by atoms with van der Waals surface area (Å²) < 4.78 is 4.76. The second kappa shape index (κ2) is 3.52. The van der Waals surface area contributed by atoms with Crippen LogP contribution >= 0.6 is 10.9 Å². The SMILES string of the molecule is CCOC(=O)C1=NN=C[SH]1C. The summed E-state index contributed by atoms with van der Waals surface area (Å²) in [5, 5.41) is 7.78. The van der Waals surface area contributed by atoms with Crippen LogP contribution in [0.4, 0.5) is 0 Å². The number of esters is 1. The van der Waals surface area contributed by atoms with Crippen molar-refractivity contribution in [3.05, 3.63) is 0 Å². The molecule has 1 atom stereocenters. The van der Waals surface area contributed by atoms with Crippen LogP contribution in [0, 0.1) is 0 Å². The number of carbonyl (C=O) groups excluding carboxylic acids is 1. The third-order valence-electron chi connectivity index (χ3n) is 1.17. The van der Waals surface area contributed by atoms with Gasteiger partial charge in [0.15, 0.2) is 5.04 Å². The summed E-state index contributed by atoms with van der Waals surface area (Å²) in [7, 11) is -0.596. The van der Waals surface area contributed by atoms with E-state index in [4.69, 9.17) is 4.74 Å². The molecule has 0 aromatic carbocycles. The summed E-state index contributed by atoms with van der Waals surface area (Å²) in [5.74, 6) is -0.335. The van der Waals surface area contributed by atoms with Crippen molar-refractivity contribution < 1.29 is 9.53 Å². The molecule has 1 aliphatic rings. The minimum absolute atomic E-state index is 0.335. The summed E-state index contributed by atoms with van der Waals surface area (Å²) in [6.45, 7) is 2.16. The van der Waals surface area contributed by atoms with E-state index in [2.05, 4.69) is 10.2 Å². The highest BCUT2D eigenvalue weighted by atomic mass is 32.2. The van der Waals surface area contributed by atoms with Gasteiger partial charge in [0.1, 0.15) is 0 Å². The average molecular weight is 174 g/mol. The van der Waals surface area contributed by atoms with Gasteiger partial charge in [-0.05, 0) is 13.2 Å². The molecular formula is C6H10N2O2S. The Morgan fingerprint density at radius 2 is 2.55 bits per heavy atom. The van der Waals surface area contributed by atoms with Crippen molar-refractivity contribution in [1.82, 2.24) is 0 Å². The van der Waals surface area contributed by atoms with Crippen molar-refractivity contribution in [3.8, 4) is 0 Å². The fraction of sp³-hybridized carbons (Fsp3) is 0.500. The Bertz CT molecular complexity index is 225. The van der Waals surface area contributed by atoms with Crippen LogP contribution in [-0.4, -0.2) is 29.4 Å². The zero-order valence-electron chi connectivity index (χ0n) is 6.44. The molecule has 0 amide bonds. The highest BCUT2D eigenvalue weighted by Gasteiger charge is 2.19. The molecule has 62 valence electrons. The van der Waals surface area contributed by atoms with Crippen LogP contribution in [0.2, 0.25) is 0 Å². The fourth-order valence-corrected chi connectivity index (χ4v) is 1.52. The smallest absolute Gasteiger partial charge is 0.364 e. The van der Waals surface area contributed by atoms with Crippen molar-refractivity contribution in [1.29, 1.82) is 0 Å². The van der Waals surface area contributed by atoms with Gasteiger partial charge in [-0.3, -0.25) is 0 Å². The lowest BCUT2D eigenvalue weighted by Gasteiger charge is -2.05. The normalized spacial score (nSPS) is 24.9. The molecule has 0 saturated heterocycles. The van der Waals surface area contributed by atoms with Crippen LogP contribution < -0.4 is 0 Å². The first kappa shape index (κ1) is 8.26. The highest BCUT2D eigenvalue weighted by molar-refractivity contribution is 8.41. The van der Waals surface area contributed by atoms with Gasteiger partial charge in [-0.2, -0.15) is 16.0 Å². The van der Waals surface area contributed by atoms with E-state index in [1.807, 2.05) is 6.26 Å². The van der Waals surface area contributed by atoms with Crippen molar-refractivity contribution in [3.63, 3.8) is 0 Å². The zero-order valence-corrected chi connectivity index (χ0v) is 7.34. The van der Waals surface area contributed by atoms with Crippen LogP contribution in [0.15, 0.2) is 10.2 Å². The Kier molecular flexibility index (Phi) is 2.64. The van der Waals surface area contributed by atoms with Gasteiger partial charge in [-0.1, -0.05) is 0 Å². The Hall–Kier alpha value is -0.840. The summed E-state index contributed by atoms with van der Waals surface area (Å²) >= 11 is 0. The van der Waals surface area contributed by atoms with E-state index < -0.39 is 10.9 Å². The van der Waals surface area contributed by atoms with E-state index in [-0.39, 0.29) is 5.97 Å². The maximum Gasteiger partial charge on any atom is 0.364 e. The Morgan fingerprint density at radius 3 is 3.00 bits per heavy atom. The molecule has 0 aliphatic carbocycles. The molecule has 11 heavy (non-hydrogen) atoms. The molecule has 5 heteroatoms. The monoisotopic (exact) mass is 174 g/mol. The molecule has 0 fully saturated rings. The van der Waals surface area contributed by atoms with Crippen LogP contribution in [0.25, 0.3) is 0 Å². The largest absolute Gasteiger partial charge is 0.461 e. The lowest BCUT2D eigenvalue weighted by Crippen LogP contribution is -2.15. The number of rotatable bonds is 2. The summed E-state index contributed by atoms with van der Waals surface area (Å²) in [6.07, 6.45) is 1.92. The summed E-state index contributed by atoms with van der Waals surface area (Å²) in [5.41, 5.74) is 1.68. The predicted molar refractivity (Wildman–Crippen MR) is 47.5 cm³/mol. The molecular weight excluding hydrogens is 164 g/mol. The second-order valence-electron chi connectivity index (χ2n) is 1.99. The molecule has 0 spiro atoms. The molecule has 0 radical (unpaired) electrons. The standard InChI is InChI=1S/C6H10N2O2S/c1-3-10-6(9)5-8-7-4-11(5)2/h4,11H,3H2,1-2H3. The molecule has 0 bridgehead atoms. The molecule has 0 saturated carbocycles. The fourth-order valence-electron chi connectivity index (χ4n) is 0.664. The molecule has 1 aliphatic heterocycles. The molecule has 1 unspecified atom stereocenters. The van der Waals surface area contributed by atoms with Crippen LogP contribution in [-0.2, 0) is 9.53 Å². The van der Waals surface area contributed by atoms with Gasteiger partial charge in [-0.25, -0.2) is 4.79 Å². The van der Waals surface area contributed by atoms with Crippen LogP contribution in [0.5, 0.6) is 0 Å². The van der Waals surface area contributed by atoms with Crippen molar-refractivity contribution >= 4 is 27.5 Å². The maximum atomic E-state index is 11.0. The number of hydrogen-bond donors (Lipinski definition) is 1. The molecule has 0 N–H and O–H groups in total. The van der Waals surface area contributed by atoms with E-state index >= 15 is 0 Å². The van der Waals surface area contributed by atoms with Gasteiger partial charge in [0, 0.05) is 0 Å². The lowest BCUT2D eigenvalue weighted by atomic mass is 10.7. The minimum atomic E-state index is -0.596. The van der Waals surface area contributed by atoms with Gasteiger partial charge in [-0.15, -0.1) is 5.10 Å². The van der Waals surface area contributed by atoms with Crippen LogP contribution in [0.1, 0.15) is 6.92 Å². The minimum Gasteiger partial charge on any atom is -0.461 e. The van der Waals surface area contributed by atoms with Crippen molar-refractivity contribution in [2.24, 2.45) is 10.2 Å². The molecule has 4 nitrogen and oxygen atoms in total. The van der Waals surface area contributed by atoms with Gasteiger partial charge in [0.2, 0.25) is 0 Å². The summed E-state index contributed by atoms with van der Waals surface area (Å²) in [6, 6.07) is 0. The van der Waals surface area contributed by atoms with E-state index in [0.717, 1.165) is 0 Å². The Morgan fingerprint density at radius 1 is 1.82 bits per heavy atom. The average Bonchev–Trinajstić information content (AvgIpc) is 2.36. The van der Waals surface area contributed by atoms with Gasteiger partial charge >= 0.3 is 5.97 Å². The van der Waals surface area contributed by atoms with E-state index in [9.17, 15) is 4.79 Å². The molecule has 1 heterocycles. The third kappa shape index (κ3) is 1.80. The van der Waals surface area contributed by atoms with Gasteiger partial charge in [0.05, 0.1) is 12.2 Å². The first-order valence-electron chi connectivity index (χ1n) is 3.26. The second-order valence-corrected chi connectivity index (χ2v) is 3.86. The van der Waals surface area contributed by atoms with Crippen molar-refractivity contribution in [2.45, 2.75) is 6.92 Å². The van der Waals surface area contributed by atoms with E-state index in [0.29, 0.717) is 11.7 Å². The number of hydrogen-bond acceptors (Lipinski definition) is 4. The predicted octanol–water partition coefficient (Wildman–Crippen LogP) is 0.536. The third-order valence-corrected chi connectivity index (χ3v) is 2.56. The van der Waals surface area contributed by atoms with Gasteiger partial charge in [0.25, 0.3) is 0 Å². The number of thiol groups is 1. The first-order chi connectivity index (χ1) is 5.25. The molecule has 0 aromatic rings. The summed E-state index contributed by atoms with van der Waals surface area (Å²) in [4.78, 5) is 11.0. The zero-order chi connectivity index (χ0) is 8.27. The first-order valence-corrected chi connectivity index (χ1v) is 5.12.